The minimum absolute atomic E-state index is 0.00625. The summed E-state index contributed by atoms with van der Waals surface area (Å²) in [5.74, 6) is 0.421. The summed E-state index contributed by atoms with van der Waals surface area (Å²) >= 11 is 0. The molecule has 150 valence electrons. The second-order valence-electron chi connectivity index (χ2n) is 6.60. The molecule has 0 radical (unpaired) electrons. The van der Waals surface area contributed by atoms with Crippen LogP contribution in [0.5, 0.6) is 11.5 Å². The van der Waals surface area contributed by atoms with E-state index >= 15 is 0 Å². The van der Waals surface area contributed by atoms with E-state index in [9.17, 15) is 9.59 Å². The first-order chi connectivity index (χ1) is 13.4. The molecule has 0 spiro atoms. The van der Waals surface area contributed by atoms with Crippen LogP contribution >= 0.6 is 0 Å². The normalized spacial score (nSPS) is 10.4. The van der Waals surface area contributed by atoms with Gasteiger partial charge in [-0.25, -0.2) is 0 Å². The zero-order valence-electron chi connectivity index (χ0n) is 16.4. The number of rotatable bonds is 11. The summed E-state index contributed by atoms with van der Waals surface area (Å²) in [6, 6.07) is 13.8. The standard InChI is InChI=1S/C22H27NO5/c1-16-3-8-20(17(2)15-16)28-14-13-27-19-6-4-18(5-7-19)11-12-23-21(24)9-10-22(25)26/h3-8,15H,9-14H2,1-2H3,(H,23,24)(H,25,26). The second-order valence-corrected chi connectivity index (χ2v) is 6.60. The first kappa shape index (κ1) is 21.3. The van der Waals surface area contributed by atoms with Crippen molar-refractivity contribution in [1.82, 2.24) is 5.32 Å². The fraction of sp³-hybridized carbons (Fsp3) is 0.364. The molecule has 1 amide bonds. The molecule has 0 atom stereocenters. The number of hydrogen-bond donors (Lipinski definition) is 2. The highest BCUT2D eigenvalue weighted by Gasteiger charge is 2.05. The minimum atomic E-state index is -0.967. The van der Waals surface area contributed by atoms with E-state index in [-0.39, 0.29) is 18.7 Å². The van der Waals surface area contributed by atoms with Crippen molar-refractivity contribution in [3.63, 3.8) is 0 Å². The van der Waals surface area contributed by atoms with Gasteiger partial charge in [0.15, 0.2) is 0 Å². The number of aryl methyl sites for hydroxylation is 2. The molecule has 2 N–H and O–H groups in total. The number of aliphatic carboxylic acids is 1. The zero-order chi connectivity index (χ0) is 20.4. The van der Waals surface area contributed by atoms with Crippen molar-refractivity contribution in [2.45, 2.75) is 33.1 Å². The van der Waals surface area contributed by atoms with Crippen molar-refractivity contribution in [1.29, 1.82) is 0 Å². The molecule has 0 unspecified atom stereocenters. The molecule has 0 saturated heterocycles. The van der Waals surface area contributed by atoms with Gasteiger partial charge in [-0.1, -0.05) is 29.8 Å². The fourth-order valence-corrected chi connectivity index (χ4v) is 2.68. The highest BCUT2D eigenvalue weighted by Crippen LogP contribution is 2.18. The molecule has 0 aliphatic rings. The number of benzene rings is 2. The van der Waals surface area contributed by atoms with E-state index in [1.165, 1.54) is 5.56 Å². The van der Waals surface area contributed by atoms with Gasteiger partial charge in [0.05, 0.1) is 6.42 Å². The van der Waals surface area contributed by atoms with Crippen molar-refractivity contribution in [3.05, 3.63) is 59.2 Å². The average Bonchev–Trinajstić information content (AvgIpc) is 2.66. The molecular formula is C22H27NO5. The number of amides is 1. The zero-order valence-corrected chi connectivity index (χ0v) is 16.4. The van der Waals surface area contributed by atoms with Gasteiger partial charge in [-0.15, -0.1) is 0 Å². The first-order valence-corrected chi connectivity index (χ1v) is 9.34. The van der Waals surface area contributed by atoms with Crippen LogP contribution in [0.3, 0.4) is 0 Å². The SMILES string of the molecule is Cc1ccc(OCCOc2ccc(CCNC(=O)CCC(=O)O)cc2)c(C)c1. The second kappa shape index (κ2) is 11.0. The molecule has 2 rings (SSSR count). The van der Waals surface area contributed by atoms with Crippen LogP contribution in [-0.2, 0) is 16.0 Å². The lowest BCUT2D eigenvalue weighted by atomic mass is 10.1. The molecule has 6 heteroatoms. The lowest BCUT2D eigenvalue weighted by Crippen LogP contribution is -2.25. The molecule has 0 bridgehead atoms. The molecule has 2 aromatic rings. The molecule has 2 aromatic carbocycles. The molecule has 0 aliphatic heterocycles. The van der Waals surface area contributed by atoms with E-state index in [0.29, 0.717) is 26.2 Å². The quantitative estimate of drug-likeness (QED) is 0.580. The lowest BCUT2D eigenvalue weighted by molar-refractivity contribution is -0.138. The predicted octanol–water partition coefficient (Wildman–Crippen LogP) is 3.28. The van der Waals surface area contributed by atoms with Gasteiger partial charge in [-0.2, -0.15) is 0 Å². The Labute approximate surface area is 165 Å². The van der Waals surface area contributed by atoms with Crippen molar-refractivity contribution >= 4 is 11.9 Å². The van der Waals surface area contributed by atoms with Gasteiger partial charge in [-0.05, 0) is 49.6 Å². The smallest absolute Gasteiger partial charge is 0.303 e. The van der Waals surface area contributed by atoms with Gasteiger partial charge in [-0.3, -0.25) is 9.59 Å². The molecule has 0 aromatic heterocycles. The number of nitrogens with one attached hydrogen (secondary N) is 1. The number of carboxylic acid groups (broad SMARTS) is 1. The summed E-state index contributed by atoms with van der Waals surface area (Å²) in [6.07, 6.45) is 0.534. The number of carbonyl (C=O) groups excluding carboxylic acids is 1. The largest absolute Gasteiger partial charge is 0.490 e. The topological polar surface area (TPSA) is 84.9 Å². The monoisotopic (exact) mass is 385 g/mol. The van der Waals surface area contributed by atoms with Crippen LogP contribution in [0.4, 0.5) is 0 Å². The maximum Gasteiger partial charge on any atom is 0.303 e. The van der Waals surface area contributed by atoms with Gasteiger partial charge in [0.2, 0.25) is 5.91 Å². The lowest BCUT2D eigenvalue weighted by Gasteiger charge is -2.11. The van der Waals surface area contributed by atoms with Crippen LogP contribution in [-0.4, -0.2) is 36.7 Å². The van der Waals surface area contributed by atoms with Crippen molar-refractivity contribution in [2.75, 3.05) is 19.8 Å². The number of ether oxygens (including phenoxy) is 2. The summed E-state index contributed by atoms with van der Waals surface area (Å²) < 4.78 is 11.4. The average molecular weight is 385 g/mol. The third kappa shape index (κ3) is 7.70. The Morgan fingerprint density at radius 1 is 0.964 bits per heavy atom. The van der Waals surface area contributed by atoms with Gasteiger partial charge in [0.1, 0.15) is 24.7 Å². The maximum atomic E-state index is 11.5. The van der Waals surface area contributed by atoms with E-state index < -0.39 is 5.97 Å². The molecule has 0 aliphatic carbocycles. The summed E-state index contributed by atoms with van der Waals surface area (Å²) in [5, 5.41) is 11.3. The molecule has 6 nitrogen and oxygen atoms in total. The number of carbonyl (C=O) groups is 2. The van der Waals surface area contributed by atoms with Crippen molar-refractivity contribution < 1.29 is 24.2 Å². The Balaban J connectivity index is 1.65. The molecular weight excluding hydrogens is 358 g/mol. The third-order valence-electron chi connectivity index (χ3n) is 4.17. The Hall–Kier alpha value is -3.02. The first-order valence-electron chi connectivity index (χ1n) is 9.34. The Morgan fingerprint density at radius 2 is 1.68 bits per heavy atom. The summed E-state index contributed by atoms with van der Waals surface area (Å²) in [6.45, 7) is 5.47. The third-order valence-corrected chi connectivity index (χ3v) is 4.17. The molecule has 28 heavy (non-hydrogen) atoms. The maximum absolute atomic E-state index is 11.5. The van der Waals surface area contributed by atoms with Gasteiger partial charge in [0.25, 0.3) is 0 Å². The van der Waals surface area contributed by atoms with Gasteiger partial charge >= 0.3 is 5.97 Å². The van der Waals surface area contributed by atoms with E-state index in [1.54, 1.807) is 0 Å². The van der Waals surface area contributed by atoms with Crippen LogP contribution < -0.4 is 14.8 Å². The van der Waals surface area contributed by atoms with Gasteiger partial charge in [0, 0.05) is 13.0 Å². The molecule has 0 saturated carbocycles. The Bertz CT molecular complexity index is 786. The van der Waals surface area contributed by atoms with Crippen molar-refractivity contribution in [3.8, 4) is 11.5 Å². The van der Waals surface area contributed by atoms with E-state index in [2.05, 4.69) is 18.3 Å². The highest BCUT2D eigenvalue weighted by molar-refractivity contribution is 5.80. The van der Waals surface area contributed by atoms with Crippen molar-refractivity contribution in [2.24, 2.45) is 0 Å². The van der Waals surface area contributed by atoms with Crippen LogP contribution in [0.25, 0.3) is 0 Å². The van der Waals surface area contributed by atoms with Crippen LogP contribution in [0.2, 0.25) is 0 Å². The Kier molecular flexibility index (Phi) is 8.34. The summed E-state index contributed by atoms with van der Waals surface area (Å²) in [4.78, 5) is 21.9. The molecule has 0 heterocycles. The summed E-state index contributed by atoms with van der Waals surface area (Å²) in [5.41, 5.74) is 3.39. The van der Waals surface area contributed by atoms with E-state index in [4.69, 9.17) is 14.6 Å². The Morgan fingerprint density at radius 3 is 2.36 bits per heavy atom. The van der Waals surface area contributed by atoms with Crippen LogP contribution in [0.15, 0.2) is 42.5 Å². The summed E-state index contributed by atoms with van der Waals surface area (Å²) in [7, 11) is 0. The predicted molar refractivity (Wildman–Crippen MR) is 107 cm³/mol. The fourth-order valence-electron chi connectivity index (χ4n) is 2.68. The minimum Gasteiger partial charge on any atom is -0.490 e. The van der Waals surface area contributed by atoms with Gasteiger partial charge < -0.3 is 19.9 Å². The number of hydrogen-bond acceptors (Lipinski definition) is 4. The number of carboxylic acids is 1. The van der Waals surface area contributed by atoms with E-state index in [0.717, 1.165) is 22.6 Å². The highest BCUT2D eigenvalue weighted by atomic mass is 16.5. The van der Waals surface area contributed by atoms with Crippen LogP contribution in [0.1, 0.15) is 29.5 Å². The van der Waals surface area contributed by atoms with E-state index in [1.807, 2.05) is 43.3 Å². The van der Waals surface area contributed by atoms with Crippen LogP contribution in [0, 0.1) is 13.8 Å². The molecule has 0 fully saturated rings.